The van der Waals surface area contributed by atoms with Crippen molar-refractivity contribution in [2.24, 2.45) is 0 Å². The first-order valence-electron chi connectivity index (χ1n) is 5.50. The van der Waals surface area contributed by atoms with Gasteiger partial charge in [-0.1, -0.05) is 6.07 Å². The van der Waals surface area contributed by atoms with E-state index in [9.17, 15) is 4.79 Å². The molecule has 0 radical (unpaired) electrons. The van der Waals surface area contributed by atoms with Gasteiger partial charge < -0.3 is 14.8 Å². The summed E-state index contributed by atoms with van der Waals surface area (Å²) < 4.78 is 4.72. The first-order chi connectivity index (χ1) is 8.76. The summed E-state index contributed by atoms with van der Waals surface area (Å²) in [5.41, 5.74) is 1.91. The second-order valence-corrected chi connectivity index (χ2v) is 4.76. The summed E-state index contributed by atoms with van der Waals surface area (Å²) in [4.78, 5) is 19.1. The Labute approximate surface area is 109 Å². The molecule has 96 valence electrons. The van der Waals surface area contributed by atoms with Crippen molar-refractivity contribution in [3.05, 3.63) is 29.6 Å². The van der Waals surface area contributed by atoms with Gasteiger partial charge >= 0.3 is 5.97 Å². The monoisotopic (exact) mass is 266 g/mol. The first kappa shape index (κ1) is 12.9. The number of aliphatic hydroxyl groups is 1. The molecular weight excluding hydrogens is 252 g/mol. The summed E-state index contributed by atoms with van der Waals surface area (Å²) in [5.74, 6) is 1.75. The number of nitrogens with one attached hydrogen (secondary N) is 1. The van der Waals surface area contributed by atoms with Crippen LogP contribution in [-0.4, -0.2) is 40.5 Å². The molecule has 0 aliphatic heterocycles. The average molecular weight is 266 g/mol. The molecule has 0 amide bonds. The maximum atomic E-state index is 11.6. The number of fused-ring (bicyclic) bond motifs is 1. The molecule has 1 aromatic carbocycles. The zero-order valence-electron chi connectivity index (χ0n) is 9.97. The fraction of sp³-hybridized carbons (Fsp3) is 0.333. The fourth-order valence-electron chi connectivity index (χ4n) is 1.66. The maximum Gasteiger partial charge on any atom is 0.340 e. The number of ether oxygens (including phenoxy) is 1. The average Bonchev–Trinajstić information content (AvgIpc) is 2.80. The minimum atomic E-state index is -0.387. The minimum Gasteiger partial charge on any atom is -0.465 e. The first-order valence-corrected chi connectivity index (χ1v) is 6.66. The maximum absolute atomic E-state index is 11.6. The molecule has 18 heavy (non-hydrogen) atoms. The van der Waals surface area contributed by atoms with Crippen LogP contribution in [0.2, 0.25) is 0 Å². The number of H-pyrrole nitrogens is 1. The van der Waals surface area contributed by atoms with E-state index in [0.717, 1.165) is 11.3 Å². The molecule has 0 spiro atoms. The molecule has 0 bridgehead atoms. The Hall–Kier alpha value is -1.53. The van der Waals surface area contributed by atoms with E-state index < -0.39 is 0 Å². The Kier molecular flexibility index (Phi) is 4.22. The van der Waals surface area contributed by atoms with Crippen molar-refractivity contribution in [3.63, 3.8) is 0 Å². The molecule has 5 nitrogen and oxygen atoms in total. The lowest BCUT2D eigenvalue weighted by Gasteiger charge is -1.98. The van der Waals surface area contributed by atoms with Gasteiger partial charge in [0.25, 0.3) is 0 Å². The predicted molar refractivity (Wildman–Crippen MR) is 70.7 cm³/mol. The lowest BCUT2D eigenvalue weighted by molar-refractivity contribution is 0.0603. The van der Waals surface area contributed by atoms with Crippen molar-refractivity contribution in [3.8, 4) is 0 Å². The lowest BCUT2D eigenvalue weighted by atomic mass is 10.2. The van der Waals surface area contributed by atoms with Crippen LogP contribution < -0.4 is 0 Å². The molecule has 2 N–H and O–H groups in total. The Morgan fingerprint density at radius 1 is 1.56 bits per heavy atom. The van der Waals surface area contributed by atoms with Gasteiger partial charge in [-0.2, -0.15) is 11.8 Å². The molecule has 0 aliphatic carbocycles. The van der Waals surface area contributed by atoms with Crippen molar-refractivity contribution >= 4 is 28.8 Å². The van der Waals surface area contributed by atoms with Crippen molar-refractivity contribution in [2.45, 2.75) is 5.75 Å². The van der Waals surface area contributed by atoms with E-state index in [0.29, 0.717) is 22.6 Å². The molecular formula is C12H14N2O3S. The summed E-state index contributed by atoms with van der Waals surface area (Å²) in [6.07, 6.45) is 0. The molecule has 0 atom stereocenters. The number of aliphatic hydroxyl groups excluding tert-OH is 1. The van der Waals surface area contributed by atoms with Crippen LogP contribution in [0.15, 0.2) is 18.2 Å². The summed E-state index contributed by atoms with van der Waals surface area (Å²) in [6, 6.07) is 5.35. The quantitative estimate of drug-likeness (QED) is 0.634. The number of methoxy groups -OCH3 is 1. The summed E-state index contributed by atoms with van der Waals surface area (Å²) in [6.45, 7) is 0.151. The molecule has 0 saturated carbocycles. The molecule has 2 rings (SSSR count). The Bertz CT molecular complexity index is 553. The van der Waals surface area contributed by atoms with E-state index in [4.69, 9.17) is 9.84 Å². The van der Waals surface area contributed by atoms with E-state index in [2.05, 4.69) is 9.97 Å². The van der Waals surface area contributed by atoms with Crippen LogP contribution in [0.4, 0.5) is 0 Å². The van der Waals surface area contributed by atoms with Gasteiger partial charge in [0.05, 0.1) is 30.5 Å². The van der Waals surface area contributed by atoms with E-state index in [1.165, 1.54) is 7.11 Å². The molecule has 2 aromatic rings. The lowest BCUT2D eigenvalue weighted by Crippen LogP contribution is -2.01. The van der Waals surface area contributed by atoms with Gasteiger partial charge in [-0.3, -0.25) is 0 Å². The number of thioether (sulfide) groups is 1. The third-order valence-electron chi connectivity index (χ3n) is 2.44. The van der Waals surface area contributed by atoms with Crippen LogP contribution in [-0.2, 0) is 10.5 Å². The van der Waals surface area contributed by atoms with Crippen LogP contribution in [0.25, 0.3) is 11.0 Å². The number of esters is 1. The van der Waals surface area contributed by atoms with Crippen LogP contribution >= 0.6 is 11.8 Å². The van der Waals surface area contributed by atoms with Crippen LogP contribution in [0.1, 0.15) is 16.2 Å². The Morgan fingerprint density at radius 3 is 3.11 bits per heavy atom. The van der Waals surface area contributed by atoms with Gasteiger partial charge in [0.15, 0.2) is 0 Å². The number of aromatic nitrogens is 2. The normalized spacial score (nSPS) is 10.8. The third kappa shape index (κ3) is 2.65. The number of nitrogens with zero attached hydrogens (tertiary/aromatic N) is 1. The minimum absolute atomic E-state index is 0.151. The molecule has 0 fully saturated rings. The third-order valence-corrected chi connectivity index (χ3v) is 3.39. The smallest absolute Gasteiger partial charge is 0.340 e. The number of hydrogen-bond acceptors (Lipinski definition) is 5. The number of rotatable bonds is 5. The number of hydrogen-bond donors (Lipinski definition) is 2. The zero-order chi connectivity index (χ0) is 13.0. The highest BCUT2D eigenvalue weighted by Gasteiger charge is 2.13. The van der Waals surface area contributed by atoms with Crippen molar-refractivity contribution < 1.29 is 14.6 Å². The molecule has 6 heteroatoms. The van der Waals surface area contributed by atoms with Gasteiger partial charge in [-0.05, 0) is 12.1 Å². The summed E-state index contributed by atoms with van der Waals surface area (Å²) >= 11 is 1.58. The second kappa shape index (κ2) is 5.88. The SMILES string of the molecule is COC(=O)c1cccc2[nH]c(CSCCO)nc12. The number of imidazole rings is 1. The number of aromatic amines is 1. The van der Waals surface area contributed by atoms with Gasteiger partial charge in [0, 0.05) is 5.75 Å². The second-order valence-electron chi connectivity index (χ2n) is 3.65. The Balaban J connectivity index is 2.29. The molecule has 1 aromatic heterocycles. The largest absolute Gasteiger partial charge is 0.465 e. The van der Waals surface area contributed by atoms with Gasteiger partial charge in [-0.25, -0.2) is 9.78 Å². The van der Waals surface area contributed by atoms with Crippen LogP contribution in [0, 0.1) is 0 Å². The van der Waals surface area contributed by atoms with E-state index in [1.807, 2.05) is 6.07 Å². The van der Waals surface area contributed by atoms with E-state index in [-0.39, 0.29) is 12.6 Å². The standard InChI is InChI=1S/C12H14N2O3S/c1-17-12(16)8-3-2-4-9-11(8)14-10(13-9)7-18-6-5-15/h2-4,15H,5-7H2,1H3,(H,13,14). The summed E-state index contributed by atoms with van der Waals surface area (Å²) in [7, 11) is 1.35. The summed E-state index contributed by atoms with van der Waals surface area (Å²) in [5, 5.41) is 8.72. The fourth-order valence-corrected chi connectivity index (χ4v) is 2.26. The molecule has 0 saturated heterocycles. The number of benzene rings is 1. The predicted octanol–water partition coefficient (Wildman–Crippen LogP) is 1.57. The molecule has 0 aliphatic rings. The Morgan fingerprint density at radius 2 is 2.39 bits per heavy atom. The number of carbonyl (C=O) groups is 1. The van der Waals surface area contributed by atoms with Crippen molar-refractivity contribution in [1.29, 1.82) is 0 Å². The van der Waals surface area contributed by atoms with Crippen molar-refractivity contribution in [1.82, 2.24) is 9.97 Å². The van der Waals surface area contributed by atoms with Crippen molar-refractivity contribution in [2.75, 3.05) is 19.5 Å². The van der Waals surface area contributed by atoms with Crippen LogP contribution in [0.3, 0.4) is 0 Å². The van der Waals surface area contributed by atoms with Gasteiger partial charge in [0.2, 0.25) is 0 Å². The van der Waals surface area contributed by atoms with E-state index >= 15 is 0 Å². The van der Waals surface area contributed by atoms with Gasteiger partial charge in [-0.15, -0.1) is 0 Å². The highest BCUT2D eigenvalue weighted by atomic mass is 32.2. The highest BCUT2D eigenvalue weighted by Crippen LogP contribution is 2.19. The number of para-hydroxylation sites is 1. The van der Waals surface area contributed by atoms with Crippen LogP contribution in [0.5, 0.6) is 0 Å². The number of carbonyl (C=O) groups excluding carboxylic acids is 1. The molecule has 1 heterocycles. The van der Waals surface area contributed by atoms with Gasteiger partial charge in [0.1, 0.15) is 11.3 Å². The highest BCUT2D eigenvalue weighted by molar-refractivity contribution is 7.98. The molecule has 0 unspecified atom stereocenters. The zero-order valence-corrected chi connectivity index (χ0v) is 10.8. The van der Waals surface area contributed by atoms with E-state index in [1.54, 1.807) is 23.9 Å². The topological polar surface area (TPSA) is 75.2 Å².